The third kappa shape index (κ3) is 4.94. The van der Waals surface area contributed by atoms with Gasteiger partial charge in [0.05, 0.1) is 25.7 Å². The summed E-state index contributed by atoms with van der Waals surface area (Å²) < 4.78 is 16.9. The van der Waals surface area contributed by atoms with E-state index in [1.165, 1.54) is 0 Å². The Bertz CT molecular complexity index is 1410. The minimum absolute atomic E-state index is 0.0105. The fourth-order valence-corrected chi connectivity index (χ4v) is 5.44. The van der Waals surface area contributed by atoms with Gasteiger partial charge in [-0.2, -0.15) is 0 Å². The van der Waals surface area contributed by atoms with Crippen LogP contribution in [0.1, 0.15) is 48.3 Å². The van der Waals surface area contributed by atoms with E-state index in [1.54, 1.807) is 20.3 Å². The first-order valence-electron chi connectivity index (χ1n) is 12.7. The number of hydrogen-bond donors (Lipinski definition) is 1. The summed E-state index contributed by atoms with van der Waals surface area (Å²) in [5.41, 5.74) is 5.26. The van der Waals surface area contributed by atoms with E-state index >= 15 is 0 Å². The van der Waals surface area contributed by atoms with Crippen LogP contribution >= 0.6 is 0 Å². The molecule has 1 heterocycles. The maximum atomic E-state index is 13.8. The van der Waals surface area contributed by atoms with Gasteiger partial charge in [-0.3, -0.25) is 4.79 Å². The lowest BCUT2D eigenvalue weighted by Crippen LogP contribution is -2.36. The molecule has 0 saturated heterocycles. The van der Waals surface area contributed by atoms with Crippen molar-refractivity contribution in [2.45, 2.75) is 38.2 Å². The van der Waals surface area contributed by atoms with E-state index in [0.717, 1.165) is 22.4 Å². The predicted molar refractivity (Wildman–Crippen MR) is 145 cm³/mol. The molecule has 0 radical (unpaired) electrons. The molecule has 1 aliphatic heterocycles. The summed E-state index contributed by atoms with van der Waals surface area (Å²) in [4.78, 5) is 27.5. The minimum atomic E-state index is -0.625. The monoisotopic (exact) mass is 509 g/mol. The van der Waals surface area contributed by atoms with Gasteiger partial charge in [-0.05, 0) is 36.5 Å². The van der Waals surface area contributed by atoms with Crippen molar-refractivity contribution in [3.63, 3.8) is 0 Å². The molecule has 1 aliphatic carbocycles. The van der Waals surface area contributed by atoms with Crippen LogP contribution in [0, 0.1) is 0 Å². The third-order valence-electron chi connectivity index (χ3n) is 7.28. The smallest absolute Gasteiger partial charge is 0.337 e. The summed E-state index contributed by atoms with van der Waals surface area (Å²) in [7, 11) is 3.16. The largest absolute Gasteiger partial charge is 0.497 e. The summed E-state index contributed by atoms with van der Waals surface area (Å²) in [6.07, 6.45) is 1.04. The van der Waals surface area contributed by atoms with Crippen molar-refractivity contribution in [3.05, 3.63) is 118 Å². The highest BCUT2D eigenvalue weighted by Gasteiger charge is 2.42. The number of carbonyl (C=O) groups is 2. The average Bonchev–Trinajstić information content (AvgIpc) is 2.95. The molecule has 1 N–H and O–H groups in total. The number of ether oxygens (including phenoxy) is 3. The fourth-order valence-electron chi connectivity index (χ4n) is 5.44. The minimum Gasteiger partial charge on any atom is -0.497 e. The second-order valence-corrected chi connectivity index (χ2v) is 9.60. The van der Waals surface area contributed by atoms with E-state index in [2.05, 4.69) is 17.4 Å². The number of hydrogen-bond acceptors (Lipinski definition) is 6. The summed E-state index contributed by atoms with van der Waals surface area (Å²) >= 11 is 0. The van der Waals surface area contributed by atoms with Gasteiger partial charge in [0.1, 0.15) is 18.1 Å². The van der Waals surface area contributed by atoms with E-state index in [-0.39, 0.29) is 18.3 Å². The molecule has 194 valence electrons. The van der Waals surface area contributed by atoms with E-state index in [9.17, 15) is 9.59 Å². The Hall–Kier alpha value is -4.32. The summed E-state index contributed by atoms with van der Waals surface area (Å²) in [5.74, 6) is 0.152. The molecule has 0 spiro atoms. The predicted octanol–water partition coefficient (Wildman–Crippen LogP) is 5.81. The van der Waals surface area contributed by atoms with Gasteiger partial charge in [0.15, 0.2) is 5.78 Å². The third-order valence-corrected chi connectivity index (χ3v) is 7.28. The zero-order valence-corrected chi connectivity index (χ0v) is 21.8. The first-order chi connectivity index (χ1) is 18.5. The topological polar surface area (TPSA) is 73.9 Å². The first-order valence-corrected chi connectivity index (χ1v) is 12.7. The molecule has 0 bridgehead atoms. The fraction of sp³-hybridized carbons (Fsp3) is 0.250. The lowest BCUT2D eigenvalue weighted by molar-refractivity contribution is -0.140. The molecule has 0 saturated carbocycles. The molecule has 0 unspecified atom stereocenters. The van der Waals surface area contributed by atoms with Crippen LogP contribution in [0.2, 0.25) is 0 Å². The van der Waals surface area contributed by atoms with Crippen molar-refractivity contribution < 1.29 is 23.8 Å². The standard InChI is InChI=1S/C32H31NO5/c1-20-29(32(35)38-19-21-10-6-4-7-11-21)30(25-15-14-24(36-2)18-28(25)37-3)31-26(33-20)16-23(17-27(31)34)22-12-8-5-9-13-22/h4-15,18,23,30,33H,16-17,19H2,1-3H3/t23-,30-/m0/s1. The van der Waals surface area contributed by atoms with Crippen LogP contribution in [0.4, 0.5) is 0 Å². The van der Waals surface area contributed by atoms with Gasteiger partial charge in [0.25, 0.3) is 0 Å². The zero-order valence-electron chi connectivity index (χ0n) is 21.8. The van der Waals surface area contributed by atoms with Crippen molar-refractivity contribution in [3.8, 4) is 11.5 Å². The molecule has 3 aromatic carbocycles. The Labute approximate surface area is 222 Å². The Morgan fingerprint density at radius 3 is 2.32 bits per heavy atom. The Kier molecular flexibility index (Phi) is 7.31. The van der Waals surface area contributed by atoms with E-state index in [4.69, 9.17) is 14.2 Å². The molecule has 0 aromatic heterocycles. The Morgan fingerprint density at radius 2 is 1.63 bits per heavy atom. The van der Waals surface area contributed by atoms with Gasteiger partial charge in [-0.25, -0.2) is 4.79 Å². The van der Waals surface area contributed by atoms with Crippen LogP contribution < -0.4 is 14.8 Å². The molecule has 6 nitrogen and oxygen atoms in total. The number of nitrogens with one attached hydrogen (secondary N) is 1. The van der Waals surface area contributed by atoms with Crippen LogP contribution in [-0.2, 0) is 20.9 Å². The van der Waals surface area contributed by atoms with Crippen molar-refractivity contribution >= 4 is 11.8 Å². The van der Waals surface area contributed by atoms with Gasteiger partial charge in [0, 0.05) is 35.0 Å². The SMILES string of the molecule is COc1ccc([C@H]2C(C(=O)OCc3ccccc3)=C(C)NC3=C2C(=O)C[C@@H](c2ccccc2)C3)c(OC)c1. The molecule has 6 heteroatoms. The molecular formula is C32H31NO5. The second kappa shape index (κ2) is 11.0. The Balaban J connectivity index is 1.57. The highest BCUT2D eigenvalue weighted by Crippen LogP contribution is 2.48. The van der Waals surface area contributed by atoms with Crippen LogP contribution in [0.25, 0.3) is 0 Å². The lowest BCUT2D eigenvalue weighted by atomic mass is 9.71. The van der Waals surface area contributed by atoms with Crippen molar-refractivity contribution in [2.75, 3.05) is 14.2 Å². The van der Waals surface area contributed by atoms with Gasteiger partial charge in [-0.1, -0.05) is 66.7 Å². The number of methoxy groups -OCH3 is 2. The highest BCUT2D eigenvalue weighted by atomic mass is 16.5. The number of ketones is 1. The average molecular weight is 510 g/mol. The van der Waals surface area contributed by atoms with Gasteiger partial charge < -0.3 is 19.5 Å². The Morgan fingerprint density at radius 1 is 0.921 bits per heavy atom. The normalized spacial score (nSPS) is 19.0. The number of carbonyl (C=O) groups excluding carboxylic acids is 2. The second-order valence-electron chi connectivity index (χ2n) is 9.60. The number of esters is 1. The highest BCUT2D eigenvalue weighted by molar-refractivity contribution is 6.04. The van der Waals surface area contributed by atoms with Gasteiger partial charge in [0.2, 0.25) is 0 Å². The lowest BCUT2D eigenvalue weighted by Gasteiger charge is -2.37. The molecule has 2 atom stereocenters. The maximum absolute atomic E-state index is 13.8. The van der Waals surface area contributed by atoms with E-state index in [0.29, 0.717) is 41.2 Å². The summed E-state index contributed by atoms with van der Waals surface area (Å²) in [6.45, 7) is 2.00. The summed E-state index contributed by atoms with van der Waals surface area (Å²) in [5, 5.41) is 3.41. The number of dihydropyridines is 1. The first kappa shape index (κ1) is 25.3. The van der Waals surface area contributed by atoms with Crippen molar-refractivity contribution in [2.24, 2.45) is 0 Å². The molecule has 5 rings (SSSR count). The van der Waals surface area contributed by atoms with Gasteiger partial charge >= 0.3 is 5.97 Å². The summed E-state index contributed by atoms with van der Waals surface area (Å²) in [6, 6.07) is 25.1. The molecule has 3 aromatic rings. The quantitative estimate of drug-likeness (QED) is 0.405. The van der Waals surface area contributed by atoms with Crippen LogP contribution in [0.3, 0.4) is 0 Å². The van der Waals surface area contributed by atoms with E-state index in [1.807, 2.05) is 67.6 Å². The van der Waals surface area contributed by atoms with Crippen LogP contribution in [0.5, 0.6) is 11.5 Å². The molecule has 38 heavy (non-hydrogen) atoms. The molecular weight excluding hydrogens is 478 g/mol. The van der Waals surface area contributed by atoms with Crippen LogP contribution in [-0.4, -0.2) is 26.0 Å². The zero-order chi connectivity index (χ0) is 26.6. The molecule has 0 fully saturated rings. The number of allylic oxidation sites excluding steroid dienone is 3. The molecule has 2 aliphatic rings. The number of rotatable bonds is 7. The molecule has 0 amide bonds. The van der Waals surface area contributed by atoms with Crippen LogP contribution in [0.15, 0.2) is 101 Å². The van der Waals surface area contributed by atoms with E-state index < -0.39 is 11.9 Å². The van der Waals surface area contributed by atoms with Crippen molar-refractivity contribution in [1.29, 1.82) is 0 Å². The number of Topliss-reactive ketones (excluding diaryl/α,β-unsaturated/α-hetero) is 1. The number of benzene rings is 3. The van der Waals surface area contributed by atoms with Crippen molar-refractivity contribution in [1.82, 2.24) is 5.32 Å². The van der Waals surface area contributed by atoms with Gasteiger partial charge in [-0.15, -0.1) is 0 Å². The maximum Gasteiger partial charge on any atom is 0.337 e.